The lowest BCUT2D eigenvalue weighted by Crippen LogP contribution is -2.40. The number of benzene rings is 3. The van der Waals surface area contributed by atoms with Crippen LogP contribution in [0.25, 0.3) is 10.9 Å². The first-order valence-electron chi connectivity index (χ1n) is 11.6. The van der Waals surface area contributed by atoms with Crippen LogP contribution in [0.4, 0.5) is 0 Å². The summed E-state index contributed by atoms with van der Waals surface area (Å²) in [6, 6.07) is 24.7. The molecule has 5 rings (SSSR count). The Morgan fingerprint density at radius 3 is 2.29 bits per heavy atom. The van der Waals surface area contributed by atoms with Gasteiger partial charge in [0.1, 0.15) is 0 Å². The number of aromatic nitrogens is 1. The van der Waals surface area contributed by atoms with Crippen LogP contribution in [-0.4, -0.2) is 49.5 Å². The Morgan fingerprint density at radius 2 is 1.54 bits per heavy atom. The Morgan fingerprint density at radius 1 is 0.857 bits per heavy atom. The minimum absolute atomic E-state index is 0.168. The van der Waals surface area contributed by atoms with Gasteiger partial charge >= 0.3 is 0 Å². The average Bonchev–Trinajstić information content (AvgIpc) is 3.27. The molecule has 7 nitrogen and oxygen atoms in total. The maximum Gasteiger partial charge on any atom is 0.253 e. The Labute approximate surface area is 205 Å². The second-order valence-electron chi connectivity index (χ2n) is 8.52. The van der Waals surface area contributed by atoms with Crippen LogP contribution in [0.5, 0.6) is 0 Å². The molecule has 4 aromatic rings. The number of nitrogens with zero attached hydrogens (tertiary/aromatic N) is 2. The number of hydrogen-bond acceptors (Lipinski definition) is 4. The molecule has 2 heterocycles. The van der Waals surface area contributed by atoms with E-state index in [9.17, 15) is 13.2 Å². The third kappa shape index (κ3) is 5.00. The van der Waals surface area contributed by atoms with Gasteiger partial charge in [0.05, 0.1) is 23.7 Å². The van der Waals surface area contributed by atoms with Crippen LogP contribution in [0.1, 0.15) is 21.5 Å². The third-order valence-electron chi connectivity index (χ3n) is 6.21. The van der Waals surface area contributed by atoms with Gasteiger partial charge < -0.3 is 14.6 Å². The standard InChI is InChI=1S/C27H27N3O4S/c31-27(25-20-29(19-22-6-2-1-3-7-22)26-9-5-4-8-24(25)26)28-18-21-10-12-23(13-11-21)35(32,33)30-14-16-34-17-15-30/h1-13,20H,14-19H2,(H,28,31). The van der Waals surface area contributed by atoms with Crippen molar-refractivity contribution < 1.29 is 17.9 Å². The van der Waals surface area contributed by atoms with Gasteiger partial charge in [-0.1, -0.05) is 60.7 Å². The van der Waals surface area contributed by atoms with Crippen molar-refractivity contribution in [1.82, 2.24) is 14.2 Å². The van der Waals surface area contributed by atoms with E-state index in [1.807, 2.05) is 48.7 Å². The molecule has 1 N–H and O–H groups in total. The normalized spacial score (nSPS) is 14.7. The number of fused-ring (bicyclic) bond motifs is 1. The van der Waals surface area contributed by atoms with E-state index in [4.69, 9.17) is 4.74 Å². The average molecular weight is 490 g/mol. The zero-order valence-corrected chi connectivity index (χ0v) is 20.1. The number of morpholine rings is 1. The van der Waals surface area contributed by atoms with Crippen molar-refractivity contribution in [2.45, 2.75) is 18.0 Å². The highest BCUT2D eigenvalue weighted by molar-refractivity contribution is 7.89. The molecule has 1 fully saturated rings. The minimum atomic E-state index is -3.54. The van der Waals surface area contributed by atoms with Crippen LogP contribution < -0.4 is 5.32 Å². The van der Waals surface area contributed by atoms with E-state index in [1.54, 1.807) is 24.3 Å². The van der Waals surface area contributed by atoms with E-state index in [-0.39, 0.29) is 10.8 Å². The fourth-order valence-electron chi connectivity index (χ4n) is 4.33. The van der Waals surface area contributed by atoms with Crippen LogP contribution in [-0.2, 0) is 27.8 Å². The van der Waals surface area contributed by atoms with Crippen molar-refractivity contribution in [2.24, 2.45) is 0 Å². The molecule has 0 spiro atoms. The summed E-state index contributed by atoms with van der Waals surface area (Å²) in [4.78, 5) is 13.3. The molecular formula is C27H27N3O4S. The number of nitrogens with one attached hydrogen (secondary N) is 1. The monoisotopic (exact) mass is 489 g/mol. The SMILES string of the molecule is O=C(NCc1ccc(S(=O)(=O)N2CCOCC2)cc1)c1cn(Cc2ccccc2)c2ccccc12. The second-order valence-corrected chi connectivity index (χ2v) is 10.5. The van der Waals surface area contributed by atoms with Crippen molar-refractivity contribution >= 4 is 26.8 Å². The van der Waals surface area contributed by atoms with Crippen LogP contribution >= 0.6 is 0 Å². The van der Waals surface area contributed by atoms with Crippen molar-refractivity contribution in [1.29, 1.82) is 0 Å². The zero-order chi connectivity index (χ0) is 24.3. The molecule has 0 aliphatic carbocycles. The van der Waals surface area contributed by atoms with E-state index in [1.165, 1.54) is 4.31 Å². The summed E-state index contributed by atoms with van der Waals surface area (Å²) in [5.74, 6) is -0.168. The van der Waals surface area contributed by atoms with Gasteiger partial charge in [-0.2, -0.15) is 4.31 Å². The summed E-state index contributed by atoms with van der Waals surface area (Å²) < 4.78 is 34.4. The predicted molar refractivity (Wildman–Crippen MR) is 135 cm³/mol. The van der Waals surface area contributed by atoms with Gasteiger partial charge in [0.15, 0.2) is 0 Å². The Hall–Kier alpha value is -3.46. The van der Waals surface area contributed by atoms with Crippen molar-refractivity contribution in [3.05, 3.63) is 102 Å². The maximum atomic E-state index is 13.1. The number of sulfonamides is 1. The van der Waals surface area contributed by atoms with Crippen LogP contribution in [0.3, 0.4) is 0 Å². The number of carbonyl (C=O) groups is 1. The molecule has 0 atom stereocenters. The molecule has 0 bridgehead atoms. The summed E-state index contributed by atoms with van der Waals surface area (Å²) in [6.45, 7) is 2.51. The molecule has 1 saturated heterocycles. The topological polar surface area (TPSA) is 80.6 Å². The molecule has 1 amide bonds. The highest BCUT2D eigenvalue weighted by Gasteiger charge is 2.26. The molecule has 0 saturated carbocycles. The molecule has 3 aromatic carbocycles. The van der Waals surface area contributed by atoms with E-state index in [0.29, 0.717) is 45.0 Å². The smallest absolute Gasteiger partial charge is 0.253 e. The minimum Gasteiger partial charge on any atom is -0.379 e. The van der Waals surface area contributed by atoms with Gasteiger partial charge in [-0.3, -0.25) is 4.79 Å². The molecule has 1 aromatic heterocycles. The number of amides is 1. The van der Waals surface area contributed by atoms with Gasteiger partial charge in [0.2, 0.25) is 10.0 Å². The Balaban J connectivity index is 1.29. The summed E-state index contributed by atoms with van der Waals surface area (Å²) in [5.41, 5.74) is 3.60. The first-order chi connectivity index (χ1) is 17.0. The van der Waals surface area contributed by atoms with Crippen molar-refractivity contribution in [3.63, 3.8) is 0 Å². The first kappa shape index (κ1) is 23.3. The quantitative estimate of drug-likeness (QED) is 0.430. The molecule has 1 aliphatic heterocycles. The fraction of sp³-hybridized carbons (Fsp3) is 0.222. The van der Waals surface area contributed by atoms with Gasteiger partial charge in [-0.25, -0.2) is 8.42 Å². The Kier molecular flexibility index (Phi) is 6.68. The number of rotatable bonds is 7. The first-order valence-corrected chi connectivity index (χ1v) is 13.0. The lowest BCUT2D eigenvalue weighted by molar-refractivity contribution is 0.0730. The molecule has 8 heteroatoms. The Bertz CT molecular complexity index is 1420. The van der Waals surface area contributed by atoms with Crippen molar-refractivity contribution in [3.8, 4) is 0 Å². The van der Waals surface area contributed by atoms with Crippen LogP contribution in [0.15, 0.2) is 90.0 Å². The van der Waals surface area contributed by atoms with Crippen LogP contribution in [0, 0.1) is 0 Å². The van der Waals surface area contributed by atoms with Crippen LogP contribution in [0.2, 0.25) is 0 Å². The lowest BCUT2D eigenvalue weighted by atomic mass is 10.1. The number of hydrogen-bond donors (Lipinski definition) is 1. The molecule has 35 heavy (non-hydrogen) atoms. The second kappa shape index (κ2) is 10.0. The van der Waals surface area contributed by atoms with Gasteiger partial charge in [-0.05, 0) is 29.3 Å². The predicted octanol–water partition coefficient (Wildman–Crippen LogP) is 3.64. The molecule has 0 unspecified atom stereocenters. The maximum absolute atomic E-state index is 13.1. The van der Waals surface area contributed by atoms with Gasteiger partial charge in [-0.15, -0.1) is 0 Å². The van der Waals surface area contributed by atoms with E-state index in [2.05, 4.69) is 22.0 Å². The molecular weight excluding hydrogens is 462 g/mol. The zero-order valence-electron chi connectivity index (χ0n) is 19.3. The number of carbonyl (C=O) groups excluding carboxylic acids is 1. The largest absolute Gasteiger partial charge is 0.379 e. The fourth-order valence-corrected chi connectivity index (χ4v) is 5.74. The summed E-state index contributed by atoms with van der Waals surface area (Å²) >= 11 is 0. The van der Waals surface area contributed by atoms with E-state index in [0.717, 1.165) is 22.0 Å². The highest BCUT2D eigenvalue weighted by atomic mass is 32.2. The molecule has 180 valence electrons. The van der Waals surface area contributed by atoms with E-state index >= 15 is 0 Å². The number of ether oxygens (including phenoxy) is 1. The van der Waals surface area contributed by atoms with Gasteiger partial charge in [0, 0.05) is 43.3 Å². The number of para-hydroxylation sites is 1. The third-order valence-corrected chi connectivity index (χ3v) is 8.13. The summed E-state index contributed by atoms with van der Waals surface area (Å²) in [6.07, 6.45) is 1.89. The molecule has 1 aliphatic rings. The molecule has 0 radical (unpaired) electrons. The van der Waals surface area contributed by atoms with Gasteiger partial charge in [0.25, 0.3) is 5.91 Å². The van der Waals surface area contributed by atoms with Crippen molar-refractivity contribution in [2.75, 3.05) is 26.3 Å². The summed E-state index contributed by atoms with van der Waals surface area (Å²) in [5, 5.41) is 3.87. The lowest BCUT2D eigenvalue weighted by Gasteiger charge is -2.26. The van der Waals surface area contributed by atoms with E-state index < -0.39 is 10.0 Å². The highest BCUT2D eigenvalue weighted by Crippen LogP contribution is 2.23. The summed E-state index contributed by atoms with van der Waals surface area (Å²) in [7, 11) is -3.54.